The van der Waals surface area contributed by atoms with Crippen LogP contribution in [-0.2, 0) is 93.3 Å². The fraction of sp³-hybridized carbons (Fsp3) is 0.438. The number of aromatic nitrogens is 3. The second kappa shape index (κ2) is 34.3. The Morgan fingerprint density at radius 3 is 2.07 bits per heavy atom. The maximum Gasteiger partial charge on any atom is 0.419 e. The van der Waals surface area contributed by atoms with Gasteiger partial charge in [0.1, 0.15) is 39.8 Å². The summed E-state index contributed by atoms with van der Waals surface area (Å²) in [4.78, 5) is 55.1. The van der Waals surface area contributed by atoms with Gasteiger partial charge in [0.05, 0.1) is 32.2 Å². The van der Waals surface area contributed by atoms with E-state index in [9.17, 15) is 79.5 Å². The number of hydrogen-bond donors (Lipinski definition) is 7. The van der Waals surface area contributed by atoms with Crippen molar-refractivity contribution in [2.24, 2.45) is 5.14 Å². The third-order valence-corrected chi connectivity index (χ3v) is 24.2. The van der Waals surface area contributed by atoms with Crippen LogP contribution < -0.4 is 30.7 Å². The third kappa shape index (κ3) is 22.2. The average Bonchev–Trinajstić information content (AvgIpc) is 1.59. The van der Waals surface area contributed by atoms with Crippen molar-refractivity contribution in [3.8, 4) is 5.75 Å². The third-order valence-electron chi connectivity index (χ3n) is 18.8. The van der Waals surface area contributed by atoms with Gasteiger partial charge in [0.15, 0.2) is 5.71 Å². The lowest BCUT2D eigenvalue weighted by Gasteiger charge is -2.27. The number of benzene rings is 4. The van der Waals surface area contributed by atoms with Crippen LogP contribution in [0.1, 0.15) is 161 Å². The van der Waals surface area contributed by atoms with Gasteiger partial charge in [0.25, 0.3) is 40.4 Å². The molecule has 2 aromatic heterocycles. The normalized spacial score (nSPS) is 16.5. The number of carbonyl (C=O) groups excluding carboxylic acids is 4. The molecular weight excluding hydrogens is 1520 g/mol. The minimum absolute atomic E-state index is 0.0689. The van der Waals surface area contributed by atoms with Gasteiger partial charge in [-0.2, -0.15) is 29.8 Å². The molecule has 9 rings (SSSR count). The lowest BCUT2D eigenvalue weighted by Crippen LogP contribution is -2.45. The molecule has 0 spiro atoms. The number of hydrogen-bond acceptors (Lipinski definition) is 21. The number of nitrogens with two attached hydrogens (primary N) is 1. The lowest BCUT2D eigenvalue weighted by atomic mass is 9.81. The Labute approximate surface area is 633 Å². The van der Waals surface area contributed by atoms with Crippen molar-refractivity contribution in [1.82, 2.24) is 25.4 Å². The first-order valence-electron chi connectivity index (χ1n) is 35.2. The minimum Gasteiger partial charge on any atom is -0.744 e. The quantitative estimate of drug-likeness (QED) is 0.00854. The maximum atomic E-state index is 13.8. The van der Waals surface area contributed by atoms with Gasteiger partial charge < -0.3 is 29.6 Å². The molecule has 2 aliphatic heterocycles. The second-order valence-electron chi connectivity index (χ2n) is 28.9. The number of nitrogens with zero attached hydrogens (tertiary/aromatic N) is 5. The number of allylic oxidation sites excluding steroid dienone is 7. The highest BCUT2D eigenvalue weighted by Gasteiger charge is 2.45. The predicted molar refractivity (Wildman–Crippen MR) is 407 cm³/mol. The van der Waals surface area contributed by atoms with Gasteiger partial charge in [-0.3, -0.25) is 37.9 Å². The largest absolute Gasteiger partial charge is 0.744 e. The molecule has 108 heavy (non-hydrogen) atoms. The number of para-hydroxylation sites is 1. The summed E-state index contributed by atoms with van der Waals surface area (Å²) in [5.74, 6) is -1.32. The molecule has 3 aliphatic rings. The molecule has 584 valence electrons. The number of nitrogens with one attached hydrogen (secondary N) is 3. The first-order chi connectivity index (χ1) is 50.5. The van der Waals surface area contributed by atoms with Gasteiger partial charge in [0, 0.05) is 84.9 Å². The number of primary sulfonamides is 1. The highest BCUT2D eigenvalue weighted by molar-refractivity contribution is 7.91. The van der Waals surface area contributed by atoms with Crippen molar-refractivity contribution in [2.45, 2.75) is 188 Å². The first kappa shape index (κ1) is 83.7. The van der Waals surface area contributed by atoms with E-state index in [1.54, 1.807) is 75.5 Å². The SMILES string of the molecule is CC(C)(C)OC(=O)n1cc(CC(NC(=O)CCCCCCCNC(=O)CCc2ccc(OC3=C(C=CC4=[N+](CCCCS(=O)(=O)O)c5ccc(S(=O)(=O)[O-])cc5C4(C)C)CCCC3=CC=C3N(CCCCS(=O)(=O)O)c4ccc(S(=O)(=O)O)cc4C3(C)C)cc2)C(=O)Nc2nnc(S(N)(=O)=O)s2)c2ccccc21. The Morgan fingerprint density at radius 1 is 0.741 bits per heavy atom. The fourth-order valence-electron chi connectivity index (χ4n) is 13.4. The molecule has 0 radical (unpaired) electrons. The lowest BCUT2D eigenvalue weighted by molar-refractivity contribution is -0.438. The topological polar surface area (TPSA) is 440 Å². The molecule has 0 bridgehead atoms. The van der Waals surface area contributed by atoms with Crippen LogP contribution in [0.4, 0.5) is 21.3 Å². The van der Waals surface area contributed by atoms with Crippen molar-refractivity contribution >= 4 is 119 Å². The van der Waals surface area contributed by atoms with Crippen LogP contribution >= 0.6 is 11.3 Å². The summed E-state index contributed by atoms with van der Waals surface area (Å²) in [5, 5.41) is 21.3. The van der Waals surface area contributed by atoms with E-state index in [2.05, 4.69) is 26.1 Å². The van der Waals surface area contributed by atoms with Crippen molar-refractivity contribution in [1.29, 1.82) is 0 Å². The van der Waals surface area contributed by atoms with Crippen LogP contribution in [0, 0.1) is 0 Å². The summed E-state index contributed by atoms with van der Waals surface area (Å²) in [6.07, 6.45) is 14.9. The van der Waals surface area contributed by atoms with Crippen LogP contribution in [0.15, 0.2) is 152 Å². The molecule has 0 fully saturated rings. The Balaban J connectivity index is 0.864. The summed E-state index contributed by atoms with van der Waals surface area (Å²) in [6, 6.07) is 21.5. The van der Waals surface area contributed by atoms with E-state index in [4.69, 9.17) is 14.6 Å². The second-order valence-corrected chi connectivity index (χ2v) is 37.5. The predicted octanol–water partition coefficient (Wildman–Crippen LogP) is 10.2. The Hall–Kier alpha value is -8.36. The van der Waals surface area contributed by atoms with E-state index >= 15 is 0 Å². The maximum absolute atomic E-state index is 13.8. The summed E-state index contributed by atoms with van der Waals surface area (Å²) >= 11 is 0.542. The van der Waals surface area contributed by atoms with E-state index in [1.165, 1.54) is 28.8 Å². The van der Waals surface area contributed by atoms with Crippen molar-refractivity contribution in [2.75, 3.05) is 41.4 Å². The smallest absolute Gasteiger partial charge is 0.419 e. The summed E-state index contributed by atoms with van der Waals surface area (Å²) in [5.41, 5.74) is 4.56. The number of unbranched alkanes of at least 4 members (excludes halogenated alkanes) is 6. The fourth-order valence-corrected chi connectivity index (χ4v) is 16.9. The van der Waals surface area contributed by atoms with E-state index in [0.29, 0.717) is 138 Å². The zero-order chi connectivity index (χ0) is 79.0. The van der Waals surface area contributed by atoms with E-state index in [1.807, 2.05) is 73.6 Å². The number of rotatable bonds is 34. The number of sulfonamides is 1. The zero-order valence-electron chi connectivity index (χ0n) is 60.9. The van der Waals surface area contributed by atoms with Crippen LogP contribution in [0.3, 0.4) is 0 Å². The van der Waals surface area contributed by atoms with E-state index in [-0.39, 0.29) is 61.1 Å². The number of ether oxygens (including phenoxy) is 2. The molecule has 3 amide bonds. The van der Waals surface area contributed by atoms with Crippen molar-refractivity contribution in [3.05, 3.63) is 160 Å². The van der Waals surface area contributed by atoms with E-state index < -0.39 is 112 Å². The van der Waals surface area contributed by atoms with Crippen LogP contribution in [0.25, 0.3) is 10.9 Å². The van der Waals surface area contributed by atoms with Crippen LogP contribution in [0.5, 0.6) is 5.75 Å². The molecule has 1 unspecified atom stereocenters. The Kier molecular flexibility index (Phi) is 26.6. The molecule has 0 saturated carbocycles. The van der Waals surface area contributed by atoms with Crippen molar-refractivity contribution < 1.29 is 93.5 Å². The van der Waals surface area contributed by atoms with Gasteiger partial charge in [-0.1, -0.05) is 80.9 Å². The van der Waals surface area contributed by atoms with E-state index in [0.717, 1.165) is 29.6 Å². The number of carbonyl (C=O) groups is 4. The molecule has 29 nitrogen and oxygen atoms in total. The number of aryl methyl sites for hydroxylation is 1. The standard InChI is InChI=1S/C73H91N9O20S6/c1-71(2,3)102-70(86)82-47-51(55-22-12-13-23-59(55)82)44-58(67(85)77-68-78-79-69(103-68)106(74,93)94)76-65(84)24-11-9-8-10-14-39-75-64(83)38-27-48-25-30-52(31-26-48)101-66-49(28-36-62-72(4,5)56-45-53(107(95,96)97)32-34-60(56)80(62)40-15-17-42-104(87,88)89)20-19-21-50(66)29-37-63-73(6,7)57-46-54(108(98,99)100)33-35-61(57)81(63)41-16-18-43-105(90,91)92/h12-13,22-23,25-26,28-37,45-47,58H,8-11,14-21,24,27,38-44H2,1-7H3,(H8-,74,75,76,77,78,83,84,85,87,88,89,90,91,92,93,94,95,96,97,98,99,100). The summed E-state index contributed by atoms with van der Waals surface area (Å²) in [7, 11) is -22.2. The number of amides is 3. The molecule has 4 heterocycles. The van der Waals surface area contributed by atoms with Gasteiger partial charge in [-0.05, 0) is 181 Å². The molecule has 0 saturated heterocycles. The van der Waals surface area contributed by atoms with Crippen LogP contribution in [-0.4, -0.2) is 152 Å². The molecule has 8 N–H and O–H groups in total. The van der Waals surface area contributed by atoms with Gasteiger partial charge >= 0.3 is 6.09 Å². The summed E-state index contributed by atoms with van der Waals surface area (Å²) < 4.78 is 177. The van der Waals surface area contributed by atoms with Gasteiger partial charge in [-0.15, -0.1) is 10.2 Å². The molecule has 4 aromatic carbocycles. The molecule has 35 heteroatoms. The Bertz CT molecular complexity index is 5190. The molecule has 1 atom stereocenters. The number of fused-ring (bicyclic) bond motifs is 3. The monoisotopic (exact) mass is 1610 g/mol. The van der Waals surface area contributed by atoms with Gasteiger partial charge in [-0.25, -0.2) is 26.8 Å². The number of anilines is 2. The van der Waals surface area contributed by atoms with Crippen LogP contribution in [0.2, 0.25) is 0 Å². The van der Waals surface area contributed by atoms with Crippen molar-refractivity contribution in [3.63, 3.8) is 0 Å². The zero-order valence-corrected chi connectivity index (χ0v) is 65.8. The van der Waals surface area contributed by atoms with Gasteiger partial charge in [0.2, 0.25) is 32.9 Å². The average molecular weight is 1610 g/mol. The highest BCUT2D eigenvalue weighted by Crippen LogP contribution is 2.49. The Morgan fingerprint density at radius 2 is 1.41 bits per heavy atom. The summed E-state index contributed by atoms with van der Waals surface area (Å²) in [6.45, 7) is 13.7. The molecule has 1 aliphatic carbocycles. The minimum atomic E-state index is -4.86. The molecular formula is C73H91N9O20S6. The first-order valence-corrected chi connectivity index (χ1v) is 43.6. The highest BCUT2D eigenvalue weighted by atomic mass is 32.3. The molecule has 6 aromatic rings.